The summed E-state index contributed by atoms with van der Waals surface area (Å²) in [5, 5.41) is 3.32. The van der Waals surface area contributed by atoms with E-state index in [4.69, 9.17) is 5.73 Å². The summed E-state index contributed by atoms with van der Waals surface area (Å²) < 4.78 is 0. The molecular weight excluding hydrogens is 230 g/mol. The van der Waals surface area contributed by atoms with E-state index in [1.54, 1.807) is 11.3 Å². The number of aryl methyl sites for hydroxylation is 1. The van der Waals surface area contributed by atoms with Gasteiger partial charge >= 0.3 is 0 Å². The number of hydrogen-bond acceptors (Lipinski definition) is 4. The molecule has 96 valence electrons. The van der Waals surface area contributed by atoms with E-state index in [9.17, 15) is 0 Å². The highest BCUT2D eigenvalue weighted by Gasteiger charge is 2.35. The first-order chi connectivity index (χ1) is 8.13. The van der Waals surface area contributed by atoms with Gasteiger partial charge in [-0.2, -0.15) is 0 Å². The number of nitrogens with two attached hydrogens (primary N) is 1. The van der Waals surface area contributed by atoms with Crippen LogP contribution in [0.15, 0.2) is 5.38 Å². The van der Waals surface area contributed by atoms with E-state index in [0.717, 1.165) is 24.6 Å². The lowest BCUT2D eigenvalue weighted by atomic mass is 9.66. The molecule has 0 atom stereocenters. The van der Waals surface area contributed by atoms with Crippen LogP contribution in [0.3, 0.4) is 0 Å². The first-order valence-electron chi connectivity index (χ1n) is 6.43. The highest BCUT2D eigenvalue weighted by molar-refractivity contribution is 7.09. The van der Waals surface area contributed by atoms with E-state index in [0.29, 0.717) is 5.41 Å². The SMILES string of the molecule is Cc1nc(CN(C)CCC2(CN)CCC2)cs1. The molecule has 3 nitrogen and oxygen atoms in total. The van der Waals surface area contributed by atoms with Crippen LogP contribution in [0.2, 0.25) is 0 Å². The van der Waals surface area contributed by atoms with Gasteiger partial charge in [-0.15, -0.1) is 11.3 Å². The van der Waals surface area contributed by atoms with E-state index < -0.39 is 0 Å². The summed E-state index contributed by atoms with van der Waals surface area (Å²) in [5.41, 5.74) is 7.55. The third-order valence-corrected chi connectivity index (χ3v) is 4.79. The largest absolute Gasteiger partial charge is 0.330 e. The molecule has 0 amide bonds. The topological polar surface area (TPSA) is 42.2 Å². The second kappa shape index (κ2) is 5.46. The Bertz CT molecular complexity index is 352. The van der Waals surface area contributed by atoms with Crippen LogP contribution in [-0.4, -0.2) is 30.0 Å². The Morgan fingerprint density at radius 3 is 2.76 bits per heavy atom. The van der Waals surface area contributed by atoms with Crippen molar-refractivity contribution in [3.8, 4) is 0 Å². The number of rotatable bonds is 6. The smallest absolute Gasteiger partial charge is 0.0897 e. The maximum Gasteiger partial charge on any atom is 0.0897 e. The van der Waals surface area contributed by atoms with Gasteiger partial charge in [0.25, 0.3) is 0 Å². The molecule has 0 radical (unpaired) electrons. The zero-order valence-corrected chi connectivity index (χ0v) is 11.7. The quantitative estimate of drug-likeness (QED) is 0.846. The van der Waals surface area contributed by atoms with Gasteiger partial charge in [0.15, 0.2) is 0 Å². The molecule has 0 spiro atoms. The molecule has 4 heteroatoms. The average molecular weight is 253 g/mol. The maximum absolute atomic E-state index is 5.88. The zero-order chi connectivity index (χ0) is 12.3. The molecule has 1 saturated carbocycles. The monoisotopic (exact) mass is 253 g/mol. The Kier molecular flexibility index (Phi) is 4.17. The fraction of sp³-hybridized carbons (Fsp3) is 0.769. The molecule has 0 unspecified atom stereocenters. The van der Waals surface area contributed by atoms with E-state index in [-0.39, 0.29) is 0 Å². The molecule has 0 aliphatic heterocycles. The van der Waals surface area contributed by atoms with Gasteiger partial charge in [0.05, 0.1) is 10.7 Å². The summed E-state index contributed by atoms with van der Waals surface area (Å²) >= 11 is 1.73. The molecule has 0 bridgehead atoms. The Labute approximate surface area is 108 Å². The lowest BCUT2D eigenvalue weighted by Crippen LogP contribution is -2.39. The van der Waals surface area contributed by atoms with Crippen LogP contribution in [0.1, 0.15) is 36.4 Å². The highest BCUT2D eigenvalue weighted by atomic mass is 32.1. The molecule has 2 rings (SSSR count). The van der Waals surface area contributed by atoms with Crippen LogP contribution in [0.5, 0.6) is 0 Å². The van der Waals surface area contributed by atoms with Crippen LogP contribution < -0.4 is 5.73 Å². The number of hydrogen-bond donors (Lipinski definition) is 1. The predicted octanol–water partition coefficient (Wildman–Crippen LogP) is 2.40. The summed E-state index contributed by atoms with van der Waals surface area (Å²) in [4.78, 5) is 6.87. The van der Waals surface area contributed by atoms with Crippen molar-refractivity contribution in [2.24, 2.45) is 11.1 Å². The molecule has 1 aliphatic carbocycles. The molecule has 17 heavy (non-hydrogen) atoms. The maximum atomic E-state index is 5.88. The minimum atomic E-state index is 0.465. The van der Waals surface area contributed by atoms with Crippen molar-refractivity contribution >= 4 is 11.3 Å². The zero-order valence-electron chi connectivity index (χ0n) is 10.9. The summed E-state index contributed by atoms with van der Waals surface area (Å²) in [7, 11) is 2.18. The van der Waals surface area contributed by atoms with Gasteiger partial charge in [-0.1, -0.05) is 6.42 Å². The van der Waals surface area contributed by atoms with Crippen molar-refractivity contribution in [1.29, 1.82) is 0 Å². The normalized spacial score (nSPS) is 18.4. The van der Waals surface area contributed by atoms with Gasteiger partial charge in [0.2, 0.25) is 0 Å². The standard InChI is InChI=1S/C13H23N3S/c1-11-15-12(9-17-11)8-16(2)7-6-13(10-14)4-3-5-13/h9H,3-8,10,14H2,1-2H3. The van der Waals surface area contributed by atoms with E-state index in [1.807, 2.05) is 0 Å². The van der Waals surface area contributed by atoms with Crippen molar-refractivity contribution in [2.75, 3.05) is 20.1 Å². The van der Waals surface area contributed by atoms with E-state index in [2.05, 4.69) is 29.2 Å². The third-order valence-electron chi connectivity index (χ3n) is 3.97. The Morgan fingerprint density at radius 2 is 2.29 bits per heavy atom. The van der Waals surface area contributed by atoms with Crippen LogP contribution in [0, 0.1) is 12.3 Å². The van der Waals surface area contributed by atoms with Gasteiger partial charge < -0.3 is 10.6 Å². The van der Waals surface area contributed by atoms with Gasteiger partial charge in [0.1, 0.15) is 0 Å². The van der Waals surface area contributed by atoms with Crippen molar-refractivity contribution in [1.82, 2.24) is 9.88 Å². The summed E-state index contributed by atoms with van der Waals surface area (Å²) in [6.45, 7) is 5.02. The molecule has 0 aromatic carbocycles. The number of thiazole rings is 1. The number of nitrogens with zero attached hydrogens (tertiary/aromatic N) is 2. The molecule has 1 heterocycles. The minimum absolute atomic E-state index is 0.465. The molecule has 1 aliphatic rings. The molecule has 2 N–H and O–H groups in total. The average Bonchev–Trinajstić information content (AvgIpc) is 2.63. The lowest BCUT2D eigenvalue weighted by Gasteiger charge is -2.42. The molecule has 1 fully saturated rings. The summed E-state index contributed by atoms with van der Waals surface area (Å²) in [5.74, 6) is 0. The van der Waals surface area contributed by atoms with Crippen molar-refractivity contribution in [3.05, 3.63) is 16.1 Å². The second-order valence-corrected chi connectivity index (χ2v) is 6.47. The Hall–Kier alpha value is -0.450. The van der Waals surface area contributed by atoms with Crippen LogP contribution >= 0.6 is 11.3 Å². The van der Waals surface area contributed by atoms with E-state index in [1.165, 1.54) is 31.4 Å². The second-order valence-electron chi connectivity index (χ2n) is 5.40. The first-order valence-corrected chi connectivity index (χ1v) is 7.31. The van der Waals surface area contributed by atoms with Crippen molar-refractivity contribution in [2.45, 2.75) is 39.2 Å². The third kappa shape index (κ3) is 3.27. The van der Waals surface area contributed by atoms with Gasteiger partial charge in [0, 0.05) is 11.9 Å². The molecule has 1 aromatic heterocycles. The van der Waals surface area contributed by atoms with Crippen LogP contribution in [-0.2, 0) is 6.54 Å². The molecular formula is C13H23N3S. The first kappa shape index (κ1) is 13.0. The fourth-order valence-corrected chi connectivity index (χ4v) is 3.10. The summed E-state index contributed by atoms with van der Waals surface area (Å²) in [6, 6.07) is 0. The van der Waals surface area contributed by atoms with Gasteiger partial charge in [-0.05, 0) is 51.7 Å². The van der Waals surface area contributed by atoms with Crippen molar-refractivity contribution < 1.29 is 0 Å². The number of aromatic nitrogens is 1. The lowest BCUT2D eigenvalue weighted by molar-refractivity contribution is 0.110. The molecule has 1 aromatic rings. The summed E-state index contributed by atoms with van der Waals surface area (Å²) in [6.07, 6.45) is 5.26. The van der Waals surface area contributed by atoms with Crippen LogP contribution in [0.25, 0.3) is 0 Å². The minimum Gasteiger partial charge on any atom is -0.330 e. The van der Waals surface area contributed by atoms with Crippen molar-refractivity contribution in [3.63, 3.8) is 0 Å². The van der Waals surface area contributed by atoms with Crippen LogP contribution in [0.4, 0.5) is 0 Å². The fourth-order valence-electron chi connectivity index (χ4n) is 2.50. The predicted molar refractivity (Wildman–Crippen MR) is 73.1 cm³/mol. The highest BCUT2D eigenvalue weighted by Crippen LogP contribution is 2.42. The van der Waals surface area contributed by atoms with E-state index >= 15 is 0 Å². The molecule has 0 saturated heterocycles. The Morgan fingerprint density at radius 1 is 1.53 bits per heavy atom. The Balaban J connectivity index is 1.75. The van der Waals surface area contributed by atoms with Gasteiger partial charge in [-0.3, -0.25) is 0 Å². The van der Waals surface area contributed by atoms with Gasteiger partial charge in [-0.25, -0.2) is 4.98 Å².